The molecule has 2 fully saturated rings. The molecule has 3 heteroatoms. The Morgan fingerprint density at radius 2 is 1.80 bits per heavy atom. The number of hydrogen-bond acceptors (Lipinski definition) is 3. The van der Waals surface area contributed by atoms with Crippen molar-refractivity contribution in [3.05, 3.63) is 29.8 Å². The van der Waals surface area contributed by atoms with E-state index in [4.69, 9.17) is 9.47 Å². The summed E-state index contributed by atoms with van der Waals surface area (Å²) in [6.45, 7) is 1.92. The van der Waals surface area contributed by atoms with Crippen LogP contribution < -0.4 is 10.1 Å². The monoisotopic (exact) mass is 275 g/mol. The second-order valence-corrected chi connectivity index (χ2v) is 6.11. The summed E-state index contributed by atoms with van der Waals surface area (Å²) in [5.41, 5.74) is 1.32. The van der Waals surface area contributed by atoms with Crippen LogP contribution in [0.25, 0.3) is 0 Å². The lowest BCUT2D eigenvalue weighted by Gasteiger charge is -2.41. The molecule has 2 aliphatic rings. The number of ether oxygens (including phenoxy) is 2. The third-order valence-electron chi connectivity index (χ3n) is 4.67. The first kappa shape index (κ1) is 13.9. The molecule has 0 radical (unpaired) electrons. The van der Waals surface area contributed by atoms with Gasteiger partial charge < -0.3 is 14.8 Å². The maximum Gasteiger partial charge on any atom is 0.118 e. The van der Waals surface area contributed by atoms with E-state index in [-0.39, 0.29) is 11.7 Å². The van der Waals surface area contributed by atoms with Crippen molar-refractivity contribution >= 4 is 0 Å². The molecule has 1 aliphatic heterocycles. The van der Waals surface area contributed by atoms with Crippen molar-refractivity contribution < 1.29 is 9.47 Å². The number of rotatable bonds is 2. The van der Waals surface area contributed by atoms with Crippen LogP contribution in [-0.2, 0) is 4.74 Å². The SMILES string of the molecule is COc1ccc(C2CNCC3(CCCCCC3)O2)cc1. The van der Waals surface area contributed by atoms with Crippen molar-refractivity contribution in [1.82, 2.24) is 5.32 Å². The molecule has 1 aromatic rings. The molecule has 1 aliphatic carbocycles. The zero-order valence-electron chi connectivity index (χ0n) is 12.4. The highest BCUT2D eigenvalue weighted by molar-refractivity contribution is 5.29. The predicted molar refractivity (Wildman–Crippen MR) is 80.1 cm³/mol. The zero-order chi connectivity index (χ0) is 13.8. The quantitative estimate of drug-likeness (QED) is 0.896. The molecule has 1 saturated heterocycles. The lowest BCUT2D eigenvalue weighted by atomic mass is 9.91. The maximum atomic E-state index is 6.55. The molecule has 0 aromatic heterocycles. The predicted octanol–water partition coefficient (Wildman–Crippen LogP) is 3.45. The summed E-state index contributed by atoms with van der Waals surface area (Å²) in [6, 6.07) is 8.29. The molecular weight excluding hydrogens is 250 g/mol. The van der Waals surface area contributed by atoms with E-state index in [9.17, 15) is 0 Å². The van der Waals surface area contributed by atoms with E-state index in [1.165, 1.54) is 44.1 Å². The molecule has 1 saturated carbocycles. The highest BCUT2D eigenvalue weighted by Gasteiger charge is 2.37. The fraction of sp³-hybridized carbons (Fsp3) is 0.647. The lowest BCUT2D eigenvalue weighted by Crippen LogP contribution is -2.50. The molecule has 0 bridgehead atoms. The Morgan fingerprint density at radius 1 is 1.10 bits per heavy atom. The molecule has 1 unspecified atom stereocenters. The van der Waals surface area contributed by atoms with Gasteiger partial charge in [-0.25, -0.2) is 0 Å². The number of hydrogen-bond donors (Lipinski definition) is 1. The van der Waals surface area contributed by atoms with Gasteiger partial charge in [-0.1, -0.05) is 37.8 Å². The minimum Gasteiger partial charge on any atom is -0.497 e. The van der Waals surface area contributed by atoms with Gasteiger partial charge in [-0.05, 0) is 30.5 Å². The minimum atomic E-state index is 0.0688. The van der Waals surface area contributed by atoms with E-state index in [1.807, 2.05) is 12.1 Å². The average Bonchev–Trinajstić information content (AvgIpc) is 2.73. The third-order valence-corrected chi connectivity index (χ3v) is 4.67. The van der Waals surface area contributed by atoms with Crippen molar-refractivity contribution in [3.8, 4) is 5.75 Å². The Morgan fingerprint density at radius 3 is 2.45 bits per heavy atom. The molecule has 1 atom stereocenters. The van der Waals surface area contributed by atoms with Crippen molar-refractivity contribution in [3.63, 3.8) is 0 Å². The van der Waals surface area contributed by atoms with Gasteiger partial charge in [0.15, 0.2) is 0 Å². The van der Waals surface area contributed by atoms with Gasteiger partial charge in [-0.3, -0.25) is 0 Å². The summed E-state index contributed by atoms with van der Waals surface area (Å²) in [7, 11) is 1.70. The highest BCUT2D eigenvalue weighted by atomic mass is 16.5. The van der Waals surface area contributed by atoms with E-state index in [0.29, 0.717) is 0 Å². The minimum absolute atomic E-state index is 0.0688. The van der Waals surface area contributed by atoms with Crippen molar-refractivity contribution in [1.29, 1.82) is 0 Å². The van der Waals surface area contributed by atoms with Gasteiger partial charge in [0.1, 0.15) is 5.75 Å². The Bertz CT molecular complexity index is 421. The van der Waals surface area contributed by atoms with Crippen LogP contribution in [0.3, 0.4) is 0 Å². The lowest BCUT2D eigenvalue weighted by molar-refractivity contribution is -0.126. The smallest absolute Gasteiger partial charge is 0.118 e. The second-order valence-electron chi connectivity index (χ2n) is 6.11. The van der Waals surface area contributed by atoms with E-state index in [2.05, 4.69) is 17.4 Å². The molecule has 1 aromatic carbocycles. The molecule has 3 nitrogen and oxygen atoms in total. The van der Waals surface area contributed by atoms with Gasteiger partial charge in [0, 0.05) is 13.1 Å². The molecule has 20 heavy (non-hydrogen) atoms. The van der Waals surface area contributed by atoms with Gasteiger partial charge in [-0.15, -0.1) is 0 Å². The summed E-state index contributed by atoms with van der Waals surface area (Å²) in [6.07, 6.45) is 7.90. The summed E-state index contributed by atoms with van der Waals surface area (Å²) in [5.74, 6) is 0.904. The van der Waals surface area contributed by atoms with Crippen molar-refractivity contribution in [2.75, 3.05) is 20.2 Å². The first-order valence-electron chi connectivity index (χ1n) is 7.84. The van der Waals surface area contributed by atoms with Gasteiger partial charge in [0.25, 0.3) is 0 Å². The van der Waals surface area contributed by atoms with E-state index >= 15 is 0 Å². The first-order chi connectivity index (χ1) is 9.81. The first-order valence-corrected chi connectivity index (χ1v) is 7.84. The van der Waals surface area contributed by atoms with Crippen molar-refractivity contribution in [2.45, 2.75) is 50.2 Å². The molecule has 1 heterocycles. The Balaban J connectivity index is 1.73. The number of benzene rings is 1. The Hall–Kier alpha value is -1.06. The molecule has 1 N–H and O–H groups in total. The van der Waals surface area contributed by atoms with Crippen LogP contribution in [0.4, 0.5) is 0 Å². The van der Waals surface area contributed by atoms with Gasteiger partial charge in [-0.2, -0.15) is 0 Å². The molecule has 0 amide bonds. The van der Waals surface area contributed by atoms with Crippen LogP contribution in [0.1, 0.15) is 50.2 Å². The summed E-state index contributed by atoms with van der Waals surface area (Å²) >= 11 is 0. The van der Waals surface area contributed by atoms with Crippen LogP contribution in [0.2, 0.25) is 0 Å². The fourth-order valence-corrected chi connectivity index (χ4v) is 3.49. The molecule has 1 spiro atoms. The van der Waals surface area contributed by atoms with Crippen LogP contribution in [-0.4, -0.2) is 25.8 Å². The van der Waals surface area contributed by atoms with Gasteiger partial charge in [0.05, 0.1) is 18.8 Å². The third kappa shape index (κ3) is 2.99. The van der Waals surface area contributed by atoms with E-state index < -0.39 is 0 Å². The normalized spacial score (nSPS) is 26.1. The number of methoxy groups -OCH3 is 1. The summed E-state index contributed by atoms with van der Waals surface area (Å²) in [4.78, 5) is 0. The second kappa shape index (κ2) is 6.15. The average molecular weight is 275 g/mol. The number of nitrogens with one attached hydrogen (secondary N) is 1. The van der Waals surface area contributed by atoms with E-state index in [1.54, 1.807) is 7.11 Å². The van der Waals surface area contributed by atoms with Gasteiger partial charge >= 0.3 is 0 Å². The Labute approximate surface area is 121 Å². The molecular formula is C17H25NO2. The van der Waals surface area contributed by atoms with E-state index in [0.717, 1.165) is 18.8 Å². The van der Waals surface area contributed by atoms with Crippen LogP contribution in [0.5, 0.6) is 5.75 Å². The fourth-order valence-electron chi connectivity index (χ4n) is 3.49. The van der Waals surface area contributed by atoms with Crippen LogP contribution in [0, 0.1) is 0 Å². The zero-order valence-corrected chi connectivity index (χ0v) is 12.4. The molecule has 3 rings (SSSR count). The van der Waals surface area contributed by atoms with Crippen LogP contribution in [0.15, 0.2) is 24.3 Å². The highest BCUT2D eigenvalue weighted by Crippen LogP contribution is 2.37. The maximum absolute atomic E-state index is 6.55. The van der Waals surface area contributed by atoms with Crippen LogP contribution >= 0.6 is 0 Å². The molecule has 110 valence electrons. The topological polar surface area (TPSA) is 30.5 Å². The largest absolute Gasteiger partial charge is 0.497 e. The van der Waals surface area contributed by atoms with Crippen molar-refractivity contribution in [2.24, 2.45) is 0 Å². The van der Waals surface area contributed by atoms with Gasteiger partial charge in [0.2, 0.25) is 0 Å². The standard InChI is InChI=1S/C17H25NO2/c1-19-15-8-6-14(7-9-15)16-12-18-13-17(20-16)10-4-2-3-5-11-17/h6-9,16,18H,2-5,10-13H2,1H3. The number of morpholine rings is 1. The summed E-state index contributed by atoms with van der Waals surface area (Å²) < 4.78 is 11.8. The summed E-state index contributed by atoms with van der Waals surface area (Å²) in [5, 5.41) is 3.59. The Kier molecular flexibility index (Phi) is 4.27.